The van der Waals surface area contributed by atoms with Crippen molar-refractivity contribution in [2.45, 2.75) is 45.6 Å². The Kier molecular flexibility index (Phi) is 6.64. The SMILES string of the molecule is Cc1ccc2c(Oc3ncccc3-c3ccnc(NC4CCCNC4)n3)c(C)ccc2c1NC(=O)C1CC1. The summed E-state index contributed by atoms with van der Waals surface area (Å²) in [5, 5.41) is 11.9. The van der Waals surface area contributed by atoms with Gasteiger partial charge in [0.15, 0.2) is 0 Å². The molecule has 0 bridgehead atoms. The molecule has 2 fully saturated rings. The number of ether oxygens (including phenoxy) is 1. The van der Waals surface area contributed by atoms with E-state index in [9.17, 15) is 4.79 Å². The second kappa shape index (κ2) is 10.4. The second-order valence-corrected chi connectivity index (χ2v) is 10.2. The van der Waals surface area contributed by atoms with Gasteiger partial charge in [0.25, 0.3) is 0 Å². The molecule has 38 heavy (non-hydrogen) atoms. The number of aromatic nitrogens is 3. The predicted octanol–water partition coefficient (Wildman–Crippen LogP) is 5.61. The number of carbonyl (C=O) groups is 1. The minimum absolute atomic E-state index is 0.0906. The summed E-state index contributed by atoms with van der Waals surface area (Å²) < 4.78 is 6.54. The zero-order valence-electron chi connectivity index (χ0n) is 21.8. The second-order valence-electron chi connectivity index (χ2n) is 10.2. The van der Waals surface area contributed by atoms with Crippen molar-refractivity contribution in [3.05, 3.63) is 66.0 Å². The van der Waals surface area contributed by atoms with Crippen LogP contribution in [0.3, 0.4) is 0 Å². The van der Waals surface area contributed by atoms with Crippen LogP contribution in [0.4, 0.5) is 11.6 Å². The number of piperidine rings is 1. The van der Waals surface area contributed by atoms with Gasteiger partial charge in [0.1, 0.15) is 5.75 Å². The monoisotopic (exact) mass is 508 g/mol. The fraction of sp³-hybridized carbons (Fsp3) is 0.333. The molecule has 8 nitrogen and oxygen atoms in total. The minimum Gasteiger partial charge on any atom is -0.437 e. The molecular formula is C30H32N6O2. The molecule has 4 aromatic rings. The lowest BCUT2D eigenvalue weighted by Gasteiger charge is -2.23. The zero-order chi connectivity index (χ0) is 26.1. The number of benzene rings is 2. The number of hydrogen-bond donors (Lipinski definition) is 3. The molecule has 1 saturated heterocycles. The lowest BCUT2D eigenvalue weighted by atomic mass is 10.0. The topological polar surface area (TPSA) is 101 Å². The molecule has 1 aliphatic heterocycles. The maximum atomic E-state index is 12.6. The van der Waals surface area contributed by atoms with Gasteiger partial charge in [-0.05, 0) is 75.4 Å². The number of hydrogen-bond acceptors (Lipinski definition) is 7. The van der Waals surface area contributed by atoms with E-state index in [4.69, 9.17) is 9.72 Å². The fourth-order valence-corrected chi connectivity index (χ4v) is 4.97. The molecule has 1 amide bonds. The van der Waals surface area contributed by atoms with Crippen LogP contribution in [0.2, 0.25) is 0 Å². The van der Waals surface area contributed by atoms with E-state index in [1.54, 1.807) is 12.4 Å². The van der Waals surface area contributed by atoms with E-state index in [0.717, 1.165) is 77.6 Å². The van der Waals surface area contributed by atoms with Crippen molar-refractivity contribution in [2.24, 2.45) is 5.92 Å². The summed E-state index contributed by atoms with van der Waals surface area (Å²) in [7, 11) is 0. The summed E-state index contributed by atoms with van der Waals surface area (Å²) in [5.74, 6) is 2.00. The number of fused-ring (bicyclic) bond motifs is 1. The lowest BCUT2D eigenvalue weighted by molar-refractivity contribution is -0.117. The number of rotatable bonds is 7. The molecule has 1 aliphatic carbocycles. The van der Waals surface area contributed by atoms with Crippen LogP contribution in [-0.4, -0.2) is 40.0 Å². The molecule has 6 rings (SSSR count). The molecule has 0 radical (unpaired) electrons. The Balaban J connectivity index is 1.34. The van der Waals surface area contributed by atoms with Gasteiger partial charge in [-0.15, -0.1) is 0 Å². The van der Waals surface area contributed by atoms with Crippen LogP contribution < -0.4 is 20.7 Å². The number of anilines is 2. The first-order valence-corrected chi connectivity index (χ1v) is 13.3. The Morgan fingerprint density at radius 2 is 1.82 bits per heavy atom. The van der Waals surface area contributed by atoms with Gasteiger partial charge in [-0.25, -0.2) is 15.0 Å². The summed E-state index contributed by atoms with van der Waals surface area (Å²) in [6, 6.07) is 14.2. The van der Waals surface area contributed by atoms with Crippen molar-refractivity contribution >= 4 is 28.3 Å². The Morgan fingerprint density at radius 1 is 0.974 bits per heavy atom. The lowest BCUT2D eigenvalue weighted by Crippen LogP contribution is -2.38. The predicted molar refractivity (Wildman–Crippen MR) is 150 cm³/mol. The standard InChI is InChI=1S/C30H32N6O2/c1-18-7-12-23-22(26(18)36-28(37)20-9-10-20)11-8-19(2)27(23)38-29-24(6-4-15-32-29)25-13-16-33-30(35-25)34-21-5-3-14-31-17-21/h4,6-8,11-13,15-16,20-21,31H,3,5,9-10,14,17H2,1-2H3,(H,36,37)(H,33,34,35). The van der Waals surface area contributed by atoms with Crippen LogP contribution >= 0.6 is 0 Å². The third-order valence-corrected chi connectivity index (χ3v) is 7.28. The zero-order valence-corrected chi connectivity index (χ0v) is 21.8. The molecule has 2 aliphatic rings. The summed E-state index contributed by atoms with van der Waals surface area (Å²) in [6.07, 6.45) is 7.63. The number of nitrogens with one attached hydrogen (secondary N) is 3. The van der Waals surface area contributed by atoms with E-state index >= 15 is 0 Å². The molecular weight excluding hydrogens is 476 g/mol. The van der Waals surface area contributed by atoms with E-state index in [-0.39, 0.29) is 11.8 Å². The third-order valence-electron chi connectivity index (χ3n) is 7.28. The van der Waals surface area contributed by atoms with Crippen molar-refractivity contribution in [1.82, 2.24) is 20.3 Å². The Morgan fingerprint density at radius 3 is 2.63 bits per heavy atom. The van der Waals surface area contributed by atoms with Gasteiger partial charge < -0.3 is 20.7 Å². The highest BCUT2D eigenvalue weighted by atomic mass is 16.5. The number of aryl methyl sites for hydroxylation is 2. The summed E-state index contributed by atoms with van der Waals surface area (Å²) in [5.41, 5.74) is 4.36. The van der Waals surface area contributed by atoms with Gasteiger partial charge in [-0.3, -0.25) is 4.79 Å². The van der Waals surface area contributed by atoms with E-state index < -0.39 is 0 Å². The highest BCUT2D eigenvalue weighted by Gasteiger charge is 2.30. The van der Waals surface area contributed by atoms with Crippen LogP contribution in [0, 0.1) is 19.8 Å². The Labute approximate surface area is 222 Å². The van der Waals surface area contributed by atoms with E-state index in [1.807, 2.05) is 50.2 Å². The summed E-state index contributed by atoms with van der Waals surface area (Å²) >= 11 is 0. The molecule has 1 saturated carbocycles. The van der Waals surface area contributed by atoms with Crippen LogP contribution in [0.1, 0.15) is 36.8 Å². The van der Waals surface area contributed by atoms with Crippen LogP contribution in [-0.2, 0) is 4.79 Å². The van der Waals surface area contributed by atoms with E-state index in [0.29, 0.717) is 23.6 Å². The molecule has 3 N–H and O–H groups in total. The first-order valence-electron chi connectivity index (χ1n) is 13.3. The molecule has 8 heteroatoms. The maximum absolute atomic E-state index is 12.6. The number of pyridine rings is 1. The minimum atomic E-state index is 0.0906. The first kappa shape index (κ1) is 24.3. The molecule has 0 spiro atoms. The maximum Gasteiger partial charge on any atom is 0.228 e. The van der Waals surface area contributed by atoms with Gasteiger partial charge in [0, 0.05) is 41.7 Å². The fourth-order valence-electron chi connectivity index (χ4n) is 4.97. The average molecular weight is 509 g/mol. The van der Waals surface area contributed by atoms with Crippen molar-refractivity contribution in [1.29, 1.82) is 0 Å². The van der Waals surface area contributed by atoms with Crippen molar-refractivity contribution < 1.29 is 9.53 Å². The molecule has 3 heterocycles. The van der Waals surface area contributed by atoms with Gasteiger partial charge in [-0.1, -0.05) is 24.3 Å². The van der Waals surface area contributed by atoms with Crippen LogP contribution in [0.15, 0.2) is 54.9 Å². The Bertz CT molecular complexity index is 1490. The van der Waals surface area contributed by atoms with Gasteiger partial charge >= 0.3 is 0 Å². The molecule has 2 aromatic carbocycles. The van der Waals surface area contributed by atoms with Crippen molar-refractivity contribution in [3.8, 4) is 22.9 Å². The molecule has 194 valence electrons. The van der Waals surface area contributed by atoms with Gasteiger partial charge in [0.05, 0.1) is 16.9 Å². The van der Waals surface area contributed by atoms with Crippen LogP contribution in [0.5, 0.6) is 11.6 Å². The smallest absolute Gasteiger partial charge is 0.228 e. The normalized spacial score (nSPS) is 17.3. The van der Waals surface area contributed by atoms with Crippen LogP contribution in [0.25, 0.3) is 22.0 Å². The van der Waals surface area contributed by atoms with Crippen molar-refractivity contribution in [3.63, 3.8) is 0 Å². The highest BCUT2D eigenvalue weighted by Crippen LogP contribution is 2.40. The number of carbonyl (C=O) groups excluding carboxylic acids is 1. The van der Waals surface area contributed by atoms with Gasteiger partial charge in [-0.2, -0.15) is 0 Å². The van der Waals surface area contributed by atoms with E-state index in [1.165, 1.54) is 0 Å². The Hall–Kier alpha value is -4.04. The quantitative estimate of drug-likeness (QED) is 0.298. The molecule has 1 atom stereocenters. The van der Waals surface area contributed by atoms with Crippen molar-refractivity contribution in [2.75, 3.05) is 23.7 Å². The van der Waals surface area contributed by atoms with E-state index in [2.05, 4.69) is 32.0 Å². The molecule has 1 unspecified atom stereocenters. The van der Waals surface area contributed by atoms with Gasteiger partial charge in [0.2, 0.25) is 17.7 Å². The first-order chi connectivity index (χ1) is 18.6. The third kappa shape index (κ3) is 5.04. The highest BCUT2D eigenvalue weighted by molar-refractivity contribution is 6.06. The number of nitrogens with zero attached hydrogens (tertiary/aromatic N) is 3. The largest absolute Gasteiger partial charge is 0.437 e. The summed E-state index contributed by atoms with van der Waals surface area (Å²) in [4.78, 5) is 26.4. The summed E-state index contributed by atoms with van der Waals surface area (Å²) in [6.45, 7) is 5.99. The molecule has 2 aromatic heterocycles. The number of amides is 1. The average Bonchev–Trinajstić information content (AvgIpc) is 3.79.